The van der Waals surface area contributed by atoms with Gasteiger partial charge >= 0.3 is 0 Å². The maximum atomic E-state index is 10.3. The smallest absolute Gasteiger partial charge is 0.102 e. The van der Waals surface area contributed by atoms with Gasteiger partial charge in [-0.15, -0.1) is 0 Å². The van der Waals surface area contributed by atoms with Crippen molar-refractivity contribution in [3.63, 3.8) is 0 Å². The van der Waals surface area contributed by atoms with E-state index >= 15 is 0 Å². The Bertz CT molecular complexity index is 524. The number of hydrogen-bond donors (Lipinski definition) is 1. The van der Waals surface area contributed by atoms with E-state index in [0.29, 0.717) is 5.71 Å². The summed E-state index contributed by atoms with van der Waals surface area (Å²) < 4.78 is 0. The molecule has 2 aromatic rings. The van der Waals surface area contributed by atoms with Crippen LogP contribution in [0.5, 0.6) is 0 Å². The summed E-state index contributed by atoms with van der Waals surface area (Å²) in [5.74, 6) is 0. The zero-order valence-corrected chi connectivity index (χ0v) is 10.7. The summed E-state index contributed by atoms with van der Waals surface area (Å²) in [6, 6.07) is 19.4. The molecule has 0 unspecified atom stereocenters. The Kier molecular flexibility index (Phi) is 3.58. The molecule has 0 atom stereocenters. The summed E-state index contributed by atoms with van der Waals surface area (Å²) in [7, 11) is 0. The largest absolute Gasteiger partial charge is 0.384 e. The second kappa shape index (κ2) is 5.15. The molecule has 0 aromatic heterocycles. The lowest BCUT2D eigenvalue weighted by Gasteiger charge is -2.20. The van der Waals surface area contributed by atoms with Crippen molar-refractivity contribution >= 4 is 11.4 Å². The fourth-order valence-electron chi connectivity index (χ4n) is 1.78. The van der Waals surface area contributed by atoms with Crippen LogP contribution in [0.3, 0.4) is 0 Å². The third-order valence-electron chi connectivity index (χ3n) is 2.62. The number of hydrogen-bond acceptors (Lipinski definition) is 2. The summed E-state index contributed by atoms with van der Waals surface area (Å²) in [6.07, 6.45) is 0. The molecule has 0 aliphatic heterocycles. The summed E-state index contributed by atoms with van der Waals surface area (Å²) in [6.45, 7) is 3.50. The summed E-state index contributed by atoms with van der Waals surface area (Å²) in [5.41, 5.74) is 1.48. The number of aliphatic hydroxyl groups is 1. The average molecular weight is 239 g/mol. The highest BCUT2D eigenvalue weighted by Gasteiger charge is 2.22. The van der Waals surface area contributed by atoms with E-state index in [1.807, 2.05) is 60.7 Å². The molecule has 0 radical (unpaired) electrons. The van der Waals surface area contributed by atoms with Gasteiger partial charge in [-0.2, -0.15) is 0 Å². The van der Waals surface area contributed by atoms with Crippen molar-refractivity contribution in [2.75, 3.05) is 0 Å². The Morgan fingerprint density at radius 2 is 1.39 bits per heavy atom. The molecule has 2 nitrogen and oxygen atoms in total. The SMILES string of the molecule is CC(C)(O)C(=Nc1ccccc1)c1ccccc1. The second-order valence-electron chi connectivity index (χ2n) is 4.72. The van der Waals surface area contributed by atoms with Crippen molar-refractivity contribution in [3.05, 3.63) is 66.2 Å². The second-order valence-corrected chi connectivity index (χ2v) is 4.72. The Hall–Kier alpha value is -1.93. The van der Waals surface area contributed by atoms with Gasteiger partial charge < -0.3 is 5.11 Å². The highest BCUT2D eigenvalue weighted by atomic mass is 16.3. The Labute approximate surface area is 108 Å². The fourth-order valence-corrected chi connectivity index (χ4v) is 1.78. The maximum absolute atomic E-state index is 10.3. The summed E-state index contributed by atoms with van der Waals surface area (Å²) in [5, 5.41) is 10.3. The van der Waals surface area contributed by atoms with Crippen LogP contribution in [0.25, 0.3) is 0 Å². The van der Waals surface area contributed by atoms with Gasteiger partial charge in [-0.1, -0.05) is 48.5 Å². The fraction of sp³-hybridized carbons (Fsp3) is 0.188. The number of benzene rings is 2. The summed E-state index contributed by atoms with van der Waals surface area (Å²) >= 11 is 0. The molecule has 0 fully saturated rings. The Balaban J connectivity index is 2.48. The number of rotatable bonds is 3. The molecule has 0 aliphatic rings. The zero-order valence-electron chi connectivity index (χ0n) is 10.7. The van der Waals surface area contributed by atoms with Gasteiger partial charge in [0.05, 0.1) is 11.4 Å². The minimum atomic E-state index is -0.975. The lowest BCUT2D eigenvalue weighted by Crippen LogP contribution is -2.31. The Morgan fingerprint density at radius 3 is 1.89 bits per heavy atom. The van der Waals surface area contributed by atoms with Crippen LogP contribution in [-0.2, 0) is 0 Å². The molecule has 92 valence electrons. The molecule has 0 saturated carbocycles. The van der Waals surface area contributed by atoms with Crippen molar-refractivity contribution in [3.8, 4) is 0 Å². The first-order valence-corrected chi connectivity index (χ1v) is 5.99. The lowest BCUT2D eigenvalue weighted by atomic mass is 9.95. The first-order chi connectivity index (χ1) is 8.57. The maximum Gasteiger partial charge on any atom is 0.102 e. The first-order valence-electron chi connectivity index (χ1n) is 5.99. The minimum absolute atomic E-state index is 0.675. The predicted molar refractivity (Wildman–Crippen MR) is 75.4 cm³/mol. The third kappa shape index (κ3) is 3.05. The quantitative estimate of drug-likeness (QED) is 0.816. The number of aliphatic imine (C=N–C) groups is 1. The molecule has 0 amide bonds. The van der Waals surface area contributed by atoms with E-state index in [4.69, 9.17) is 0 Å². The van der Waals surface area contributed by atoms with E-state index in [0.717, 1.165) is 11.3 Å². The minimum Gasteiger partial charge on any atom is -0.384 e. The van der Waals surface area contributed by atoms with Crippen LogP contribution in [0.15, 0.2) is 65.7 Å². The van der Waals surface area contributed by atoms with Crippen LogP contribution in [0, 0.1) is 0 Å². The van der Waals surface area contributed by atoms with Crippen LogP contribution in [0.2, 0.25) is 0 Å². The van der Waals surface area contributed by atoms with Gasteiger partial charge in [-0.3, -0.25) is 0 Å². The highest BCUT2D eigenvalue weighted by molar-refractivity contribution is 6.07. The molecule has 0 aliphatic carbocycles. The molecule has 18 heavy (non-hydrogen) atoms. The van der Waals surface area contributed by atoms with Crippen LogP contribution in [0.4, 0.5) is 5.69 Å². The Morgan fingerprint density at radius 1 is 0.889 bits per heavy atom. The van der Waals surface area contributed by atoms with Gasteiger partial charge in [0.25, 0.3) is 0 Å². The van der Waals surface area contributed by atoms with Gasteiger partial charge in [0.2, 0.25) is 0 Å². The average Bonchev–Trinajstić information content (AvgIpc) is 2.37. The molecule has 2 heteroatoms. The normalized spacial score (nSPS) is 12.5. The van der Waals surface area contributed by atoms with E-state index in [9.17, 15) is 5.11 Å². The molecule has 0 heterocycles. The molecule has 0 saturated heterocycles. The number of para-hydroxylation sites is 1. The zero-order chi connectivity index (χ0) is 13.0. The van der Waals surface area contributed by atoms with Crippen LogP contribution in [0.1, 0.15) is 19.4 Å². The van der Waals surface area contributed by atoms with Gasteiger partial charge in [-0.25, -0.2) is 4.99 Å². The molecule has 0 bridgehead atoms. The van der Waals surface area contributed by atoms with Gasteiger partial charge in [0, 0.05) is 0 Å². The molecular weight excluding hydrogens is 222 g/mol. The van der Waals surface area contributed by atoms with E-state index in [-0.39, 0.29) is 0 Å². The standard InChI is InChI=1S/C16H17NO/c1-16(2,18)15(13-9-5-3-6-10-13)17-14-11-7-4-8-12-14/h3-12,18H,1-2H3. The van der Waals surface area contributed by atoms with E-state index in [1.165, 1.54) is 0 Å². The monoisotopic (exact) mass is 239 g/mol. The lowest BCUT2D eigenvalue weighted by molar-refractivity contribution is 0.154. The van der Waals surface area contributed by atoms with Crippen molar-refractivity contribution in [2.45, 2.75) is 19.4 Å². The first kappa shape index (κ1) is 12.5. The molecule has 2 aromatic carbocycles. The third-order valence-corrected chi connectivity index (χ3v) is 2.62. The van der Waals surface area contributed by atoms with Crippen LogP contribution in [-0.4, -0.2) is 16.4 Å². The van der Waals surface area contributed by atoms with Crippen LogP contribution >= 0.6 is 0 Å². The van der Waals surface area contributed by atoms with Crippen LogP contribution < -0.4 is 0 Å². The van der Waals surface area contributed by atoms with Gasteiger partial charge in [0.1, 0.15) is 5.60 Å². The molecule has 2 rings (SSSR count). The van der Waals surface area contributed by atoms with E-state index in [1.54, 1.807) is 13.8 Å². The molecule has 0 spiro atoms. The van der Waals surface area contributed by atoms with Crippen molar-refractivity contribution in [1.82, 2.24) is 0 Å². The van der Waals surface area contributed by atoms with E-state index < -0.39 is 5.60 Å². The number of nitrogens with zero attached hydrogens (tertiary/aromatic N) is 1. The molecule has 1 N–H and O–H groups in total. The van der Waals surface area contributed by atoms with Crippen molar-refractivity contribution in [1.29, 1.82) is 0 Å². The van der Waals surface area contributed by atoms with E-state index in [2.05, 4.69) is 4.99 Å². The van der Waals surface area contributed by atoms with Gasteiger partial charge in [-0.05, 0) is 31.5 Å². The van der Waals surface area contributed by atoms with Crippen molar-refractivity contribution in [2.24, 2.45) is 4.99 Å². The topological polar surface area (TPSA) is 32.6 Å². The summed E-state index contributed by atoms with van der Waals surface area (Å²) in [4.78, 5) is 4.57. The van der Waals surface area contributed by atoms with Crippen molar-refractivity contribution < 1.29 is 5.11 Å². The molecular formula is C16H17NO. The van der Waals surface area contributed by atoms with Gasteiger partial charge in [0.15, 0.2) is 0 Å². The predicted octanol–water partition coefficient (Wildman–Crippen LogP) is 3.58. The highest BCUT2D eigenvalue weighted by Crippen LogP contribution is 2.19.